The molecule has 2 aliphatic carbocycles. The van der Waals surface area contributed by atoms with Crippen LogP contribution >= 0.6 is 0 Å². The molecule has 0 nitrogen and oxygen atoms in total. The van der Waals surface area contributed by atoms with Crippen LogP contribution in [0.1, 0.15) is 6.42 Å². The van der Waals surface area contributed by atoms with E-state index in [0.717, 1.165) is 0 Å². The van der Waals surface area contributed by atoms with Gasteiger partial charge in [-0.2, -0.15) is 0 Å². The number of hydrogen-bond donors (Lipinski definition) is 0. The van der Waals surface area contributed by atoms with E-state index in [1.807, 2.05) is 0 Å². The van der Waals surface area contributed by atoms with Crippen molar-refractivity contribution in [2.75, 3.05) is 0 Å². The SMILES string of the molecule is C1=CC2=CC=CC(C=C1)C2. The van der Waals surface area contributed by atoms with Crippen LogP contribution in [0.2, 0.25) is 0 Å². The van der Waals surface area contributed by atoms with Gasteiger partial charge in [-0.15, -0.1) is 0 Å². The van der Waals surface area contributed by atoms with Crippen molar-refractivity contribution in [1.29, 1.82) is 0 Å². The highest BCUT2D eigenvalue weighted by molar-refractivity contribution is 5.34. The van der Waals surface area contributed by atoms with Gasteiger partial charge >= 0.3 is 0 Å². The summed E-state index contributed by atoms with van der Waals surface area (Å²) in [6.07, 6.45) is 16.4. The highest BCUT2D eigenvalue weighted by atomic mass is 14.1. The van der Waals surface area contributed by atoms with Gasteiger partial charge in [0.15, 0.2) is 0 Å². The maximum atomic E-state index is 2.24. The van der Waals surface area contributed by atoms with Gasteiger partial charge in [-0.25, -0.2) is 0 Å². The summed E-state index contributed by atoms with van der Waals surface area (Å²) in [4.78, 5) is 0. The van der Waals surface area contributed by atoms with Crippen molar-refractivity contribution in [2.24, 2.45) is 5.92 Å². The first kappa shape index (κ1) is 5.72. The van der Waals surface area contributed by atoms with Crippen molar-refractivity contribution in [3.63, 3.8) is 0 Å². The monoisotopic (exact) mass is 130 g/mol. The first-order chi connectivity index (χ1) is 4.95. The summed E-state index contributed by atoms with van der Waals surface area (Å²) >= 11 is 0. The molecule has 1 atom stereocenters. The summed E-state index contributed by atoms with van der Waals surface area (Å²) in [6.45, 7) is 0. The van der Waals surface area contributed by atoms with Gasteiger partial charge in [0.05, 0.1) is 0 Å². The molecule has 0 saturated carbocycles. The van der Waals surface area contributed by atoms with E-state index in [1.54, 1.807) is 0 Å². The Morgan fingerprint density at radius 2 is 2.00 bits per heavy atom. The van der Waals surface area contributed by atoms with Gasteiger partial charge in [0.25, 0.3) is 0 Å². The maximum Gasteiger partial charge on any atom is -0.000683 e. The third kappa shape index (κ3) is 0.971. The summed E-state index contributed by atoms with van der Waals surface area (Å²) in [5.41, 5.74) is 1.44. The Morgan fingerprint density at radius 3 is 3.00 bits per heavy atom. The molecule has 2 aliphatic rings. The van der Waals surface area contributed by atoms with Crippen LogP contribution in [-0.4, -0.2) is 0 Å². The first-order valence-corrected chi connectivity index (χ1v) is 3.67. The van der Waals surface area contributed by atoms with Crippen molar-refractivity contribution in [3.8, 4) is 0 Å². The Balaban J connectivity index is 2.37. The van der Waals surface area contributed by atoms with Gasteiger partial charge < -0.3 is 0 Å². The molecule has 0 heterocycles. The van der Waals surface area contributed by atoms with Crippen LogP contribution in [0, 0.1) is 5.92 Å². The molecule has 10 heavy (non-hydrogen) atoms. The summed E-state index contributed by atoms with van der Waals surface area (Å²) in [7, 11) is 0. The average molecular weight is 130 g/mol. The fourth-order valence-corrected chi connectivity index (χ4v) is 1.37. The van der Waals surface area contributed by atoms with E-state index in [2.05, 4.69) is 42.5 Å². The van der Waals surface area contributed by atoms with Gasteiger partial charge in [0.1, 0.15) is 0 Å². The fourth-order valence-electron chi connectivity index (χ4n) is 1.37. The Bertz CT molecular complexity index is 231. The molecule has 0 heteroatoms. The number of fused-ring (bicyclic) bond motifs is 2. The molecule has 0 aliphatic heterocycles. The smallest absolute Gasteiger partial charge is 0.000683 e. The summed E-state index contributed by atoms with van der Waals surface area (Å²) in [5.74, 6) is 0.648. The lowest BCUT2D eigenvalue weighted by molar-refractivity contribution is 0.802. The second kappa shape index (κ2) is 2.30. The lowest BCUT2D eigenvalue weighted by Gasteiger charge is -2.09. The second-order valence-corrected chi connectivity index (χ2v) is 2.74. The standard InChI is InChI=1S/C10H10/c1-2-5-10-7-3-6-9(4-1)8-10/h1-7,9H,8H2. The molecule has 50 valence electrons. The zero-order chi connectivity index (χ0) is 6.81. The Morgan fingerprint density at radius 1 is 1.10 bits per heavy atom. The zero-order valence-corrected chi connectivity index (χ0v) is 5.83. The number of hydrogen-bond acceptors (Lipinski definition) is 0. The minimum atomic E-state index is 0.648. The normalized spacial score (nSPS) is 28.0. The molecule has 2 rings (SSSR count). The molecule has 0 fully saturated rings. The fraction of sp³-hybridized carbons (Fsp3) is 0.200. The van der Waals surface area contributed by atoms with E-state index in [1.165, 1.54) is 12.0 Å². The summed E-state index contributed by atoms with van der Waals surface area (Å²) in [5, 5.41) is 0. The van der Waals surface area contributed by atoms with Crippen LogP contribution in [-0.2, 0) is 0 Å². The Kier molecular flexibility index (Phi) is 1.31. The van der Waals surface area contributed by atoms with Crippen molar-refractivity contribution in [3.05, 3.63) is 48.1 Å². The predicted molar refractivity (Wildman–Crippen MR) is 43.6 cm³/mol. The van der Waals surface area contributed by atoms with Gasteiger partial charge in [-0.1, -0.05) is 42.5 Å². The zero-order valence-electron chi connectivity index (χ0n) is 5.83. The van der Waals surface area contributed by atoms with E-state index >= 15 is 0 Å². The quantitative estimate of drug-likeness (QED) is 0.473. The van der Waals surface area contributed by atoms with Crippen LogP contribution in [0.5, 0.6) is 0 Å². The largest absolute Gasteiger partial charge is 0.0773 e. The highest BCUT2D eigenvalue weighted by Gasteiger charge is 2.06. The lowest BCUT2D eigenvalue weighted by Crippen LogP contribution is -1.95. The van der Waals surface area contributed by atoms with Gasteiger partial charge in [-0.05, 0) is 17.9 Å². The summed E-state index contributed by atoms with van der Waals surface area (Å²) < 4.78 is 0. The highest BCUT2D eigenvalue weighted by Crippen LogP contribution is 2.22. The van der Waals surface area contributed by atoms with Gasteiger partial charge in [0.2, 0.25) is 0 Å². The lowest BCUT2D eigenvalue weighted by atomic mass is 9.96. The topological polar surface area (TPSA) is 0 Å². The molecule has 0 aromatic carbocycles. The molecule has 0 spiro atoms. The van der Waals surface area contributed by atoms with E-state index < -0.39 is 0 Å². The Labute approximate surface area is 61.3 Å². The van der Waals surface area contributed by atoms with Crippen LogP contribution in [0.25, 0.3) is 0 Å². The van der Waals surface area contributed by atoms with Gasteiger partial charge in [0, 0.05) is 0 Å². The van der Waals surface area contributed by atoms with E-state index in [-0.39, 0.29) is 0 Å². The number of rotatable bonds is 0. The Hall–Kier alpha value is -1.04. The second-order valence-electron chi connectivity index (χ2n) is 2.74. The van der Waals surface area contributed by atoms with Crippen molar-refractivity contribution in [2.45, 2.75) is 6.42 Å². The molecule has 1 unspecified atom stereocenters. The van der Waals surface area contributed by atoms with E-state index in [4.69, 9.17) is 0 Å². The molecule has 0 amide bonds. The van der Waals surface area contributed by atoms with Crippen molar-refractivity contribution >= 4 is 0 Å². The predicted octanol–water partition coefficient (Wildman–Crippen LogP) is 2.61. The van der Waals surface area contributed by atoms with Gasteiger partial charge in [-0.3, -0.25) is 0 Å². The molecular formula is C10H10. The molecule has 0 aromatic rings. The maximum absolute atomic E-state index is 2.24. The molecule has 2 bridgehead atoms. The van der Waals surface area contributed by atoms with Crippen LogP contribution in [0.3, 0.4) is 0 Å². The molecule has 0 radical (unpaired) electrons. The molecule has 0 saturated heterocycles. The third-order valence-corrected chi connectivity index (χ3v) is 1.92. The van der Waals surface area contributed by atoms with Crippen molar-refractivity contribution in [1.82, 2.24) is 0 Å². The minimum Gasteiger partial charge on any atom is -0.0773 e. The van der Waals surface area contributed by atoms with Crippen LogP contribution in [0.4, 0.5) is 0 Å². The minimum absolute atomic E-state index is 0.648. The van der Waals surface area contributed by atoms with E-state index in [0.29, 0.717) is 5.92 Å². The summed E-state index contributed by atoms with van der Waals surface area (Å²) in [6, 6.07) is 0. The van der Waals surface area contributed by atoms with Crippen molar-refractivity contribution < 1.29 is 0 Å². The third-order valence-electron chi connectivity index (χ3n) is 1.92. The first-order valence-electron chi connectivity index (χ1n) is 3.67. The number of allylic oxidation sites excluding steroid dienone is 8. The molecule has 0 N–H and O–H groups in total. The molecular weight excluding hydrogens is 120 g/mol. The van der Waals surface area contributed by atoms with Crippen LogP contribution < -0.4 is 0 Å². The molecule has 0 aromatic heterocycles. The van der Waals surface area contributed by atoms with E-state index in [9.17, 15) is 0 Å². The van der Waals surface area contributed by atoms with Crippen LogP contribution in [0.15, 0.2) is 48.1 Å². The average Bonchev–Trinajstić information content (AvgIpc) is 2.12.